The Hall–Kier alpha value is -2.57. The summed E-state index contributed by atoms with van der Waals surface area (Å²) in [6, 6.07) is 5.07. The van der Waals surface area contributed by atoms with Crippen LogP contribution in [0.4, 0.5) is 5.69 Å². The third-order valence-electron chi connectivity index (χ3n) is 4.20. The number of carbonyl (C=O) groups excluding carboxylic acids is 3. The van der Waals surface area contributed by atoms with Crippen LogP contribution in [0, 0.1) is 5.92 Å². The van der Waals surface area contributed by atoms with E-state index in [0.717, 1.165) is 12.8 Å². The number of ether oxygens (including phenoxy) is 2. The van der Waals surface area contributed by atoms with E-state index in [4.69, 9.17) is 9.47 Å². The Bertz CT molecular complexity index is 673. The predicted molar refractivity (Wildman–Crippen MR) is 85.8 cm³/mol. The highest BCUT2D eigenvalue weighted by Gasteiger charge is 2.32. The number of amides is 2. The summed E-state index contributed by atoms with van der Waals surface area (Å²) in [5, 5.41) is 2.69. The highest BCUT2D eigenvalue weighted by atomic mass is 16.5. The van der Waals surface area contributed by atoms with Crippen molar-refractivity contribution in [2.75, 3.05) is 31.6 Å². The van der Waals surface area contributed by atoms with Crippen molar-refractivity contribution in [3.63, 3.8) is 0 Å². The van der Waals surface area contributed by atoms with Crippen molar-refractivity contribution in [2.24, 2.45) is 5.92 Å². The van der Waals surface area contributed by atoms with Gasteiger partial charge in [-0.1, -0.05) is 6.07 Å². The molecule has 0 aliphatic carbocycles. The zero-order valence-corrected chi connectivity index (χ0v) is 13.5. The molecule has 7 nitrogen and oxygen atoms in total. The largest absolute Gasteiger partial charge is 0.481 e. The minimum atomic E-state index is -0.289. The number of anilines is 1. The molecule has 1 fully saturated rings. The molecule has 0 saturated carbocycles. The number of benzene rings is 1. The molecule has 7 heteroatoms. The number of para-hydroxylation sites is 1. The maximum absolute atomic E-state index is 12.9. The first-order chi connectivity index (χ1) is 11.6. The first-order valence-corrected chi connectivity index (χ1v) is 8.11. The molecule has 3 rings (SSSR count). The molecule has 1 aromatic rings. The summed E-state index contributed by atoms with van der Waals surface area (Å²) in [5.74, 6) is -0.596. The molecule has 0 aromatic heterocycles. The topological polar surface area (TPSA) is 84.9 Å². The van der Waals surface area contributed by atoms with E-state index in [1.165, 1.54) is 0 Å². The van der Waals surface area contributed by atoms with Gasteiger partial charge in [0, 0.05) is 13.1 Å². The summed E-state index contributed by atoms with van der Waals surface area (Å²) in [6.07, 6.45) is 1.48. The average molecular weight is 332 g/mol. The van der Waals surface area contributed by atoms with Crippen LogP contribution < -0.4 is 10.1 Å². The molecule has 0 spiro atoms. The summed E-state index contributed by atoms with van der Waals surface area (Å²) < 4.78 is 10.5. The maximum atomic E-state index is 12.9. The average Bonchev–Trinajstić information content (AvgIpc) is 2.60. The van der Waals surface area contributed by atoms with Gasteiger partial charge in [0.25, 0.3) is 11.8 Å². The number of nitrogens with zero attached hydrogens (tertiary/aromatic N) is 1. The maximum Gasteiger partial charge on any atom is 0.310 e. The molecule has 24 heavy (non-hydrogen) atoms. The smallest absolute Gasteiger partial charge is 0.310 e. The van der Waals surface area contributed by atoms with Gasteiger partial charge in [-0.3, -0.25) is 14.4 Å². The molecule has 1 aromatic carbocycles. The number of fused-ring (bicyclic) bond motifs is 1. The number of nitrogens with one attached hydrogen (secondary N) is 1. The van der Waals surface area contributed by atoms with Crippen LogP contribution in [0.2, 0.25) is 0 Å². The van der Waals surface area contributed by atoms with E-state index in [2.05, 4.69) is 5.32 Å². The first kappa shape index (κ1) is 16.3. The number of esters is 1. The number of hydrogen-bond donors (Lipinski definition) is 1. The minimum Gasteiger partial charge on any atom is -0.481 e. The standard InChI is InChI=1S/C17H20N2O5/c1-2-23-17(22)11-5-4-8-19(9-11)16(21)12-6-3-7-13-15(12)24-10-14(20)18-13/h3,6-7,11H,2,4-5,8-10H2,1H3,(H,18,20). The zero-order chi connectivity index (χ0) is 17.1. The monoisotopic (exact) mass is 332 g/mol. The lowest BCUT2D eigenvalue weighted by Gasteiger charge is -2.32. The van der Waals surface area contributed by atoms with E-state index in [9.17, 15) is 14.4 Å². The van der Waals surface area contributed by atoms with Crippen molar-refractivity contribution < 1.29 is 23.9 Å². The van der Waals surface area contributed by atoms with Crippen LogP contribution in [-0.4, -0.2) is 49.0 Å². The fourth-order valence-corrected chi connectivity index (χ4v) is 3.07. The van der Waals surface area contributed by atoms with Gasteiger partial charge >= 0.3 is 5.97 Å². The van der Waals surface area contributed by atoms with Crippen LogP contribution in [-0.2, 0) is 14.3 Å². The van der Waals surface area contributed by atoms with Gasteiger partial charge in [-0.25, -0.2) is 0 Å². The second-order valence-electron chi connectivity index (χ2n) is 5.86. The molecule has 128 valence electrons. The number of hydrogen-bond acceptors (Lipinski definition) is 5. The fraction of sp³-hybridized carbons (Fsp3) is 0.471. The van der Waals surface area contributed by atoms with Gasteiger partial charge in [-0.2, -0.15) is 0 Å². The molecule has 1 unspecified atom stereocenters. The second kappa shape index (κ2) is 6.90. The number of carbonyl (C=O) groups is 3. The lowest BCUT2D eigenvalue weighted by atomic mass is 9.97. The quantitative estimate of drug-likeness (QED) is 0.847. The summed E-state index contributed by atoms with van der Waals surface area (Å²) in [7, 11) is 0. The Balaban J connectivity index is 1.78. The third kappa shape index (κ3) is 3.20. The number of rotatable bonds is 3. The summed E-state index contributed by atoms with van der Waals surface area (Å²) in [4.78, 5) is 37.9. The summed E-state index contributed by atoms with van der Waals surface area (Å²) in [6.45, 7) is 2.93. The van der Waals surface area contributed by atoms with Crippen LogP contribution in [0.15, 0.2) is 18.2 Å². The van der Waals surface area contributed by atoms with Crippen molar-refractivity contribution in [3.8, 4) is 5.75 Å². The molecule has 2 aliphatic heterocycles. The van der Waals surface area contributed by atoms with Gasteiger partial charge in [0.2, 0.25) is 0 Å². The van der Waals surface area contributed by atoms with Crippen molar-refractivity contribution in [2.45, 2.75) is 19.8 Å². The molecule has 2 heterocycles. The van der Waals surface area contributed by atoms with Gasteiger partial charge in [0.15, 0.2) is 12.4 Å². The Morgan fingerprint density at radius 3 is 3.04 bits per heavy atom. The molecule has 2 aliphatic rings. The molecule has 1 saturated heterocycles. The van der Waals surface area contributed by atoms with E-state index in [1.807, 2.05) is 0 Å². The Kier molecular flexibility index (Phi) is 4.69. The molecular weight excluding hydrogens is 312 g/mol. The molecule has 0 radical (unpaired) electrons. The Labute approximate surface area is 139 Å². The first-order valence-electron chi connectivity index (χ1n) is 8.11. The Morgan fingerprint density at radius 2 is 2.25 bits per heavy atom. The van der Waals surface area contributed by atoms with Crippen molar-refractivity contribution in [1.82, 2.24) is 4.90 Å². The van der Waals surface area contributed by atoms with Crippen LogP contribution in [0.1, 0.15) is 30.1 Å². The lowest BCUT2D eigenvalue weighted by molar-refractivity contribution is -0.149. The van der Waals surface area contributed by atoms with E-state index in [1.54, 1.807) is 30.0 Å². The van der Waals surface area contributed by atoms with Crippen molar-refractivity contribution in [1.29, 1.82) is 0 Å². The van der Waals surface area contributed by atoms with Gasteiger partial charge in [-0.15, -0.1) is 0 Å². The van der Waals surface area contributed by atoms with Gasteiger partial charge < -0.3 is 19.7 Å². The molecular formula is C17H20N2O5. The molecule has 1 atom stereocenters. The zero-order valence-electron chi connectivity index (χ0n) is 13.5. The second-order valence-corrected chi connectivity index (χ2v) is 5.86. The van der Waals surface area contributed by atoms with Gasteiger partial charge in [-0.05, 0) is 31.9 Å². The molecule has 0 bridgehead atoms. The normalized spacial score (nSPS) is 19.8. The van der Waals surface area contributed by atoms with Gasteiger partial charge in [0.05, 0.1) is 23.8 Å². The van der Waals surface area contributed by atoms with Crippen molar-refractivity contribution in [3.05, 3.63) is 23.8 Å². The van der Waals surface area contributed by atoms with Crippen LogP contribution >= 0.6 is 0 Å². The minimum absolute atomic E-state index is 0.108. The summed E-state index contributed by atoms with van der Waals surface area (Å²) in [5.41, 5.74) is 0.896. The van der Waals surface area contributed by atoms with Crippen LogP contribution in [0.3, 0.4) is 0 Å². The van der Waals surface area contributed by atoms with Gasteiger partial charge in [0.1, 0.15) is 0 Å². The molecule has 1 N–H and O–H groups in total. The van der Waals surface area contributed by atoms with E-state index < -0.39 is 0 Å². The molecule has 2 amide bonds. The lowest BCUT2D eigenvalue weighted by Crippen LogP contribution is -2.43. The summed E-state index contributed by atoms with van der Waals surface area (Å²) >= 11 is 0. The fourth-order valence-electron chi connectivity index (χ4n) is 3.07. The predicted octanol–water partition coefficient (Wildman–Crippen LogP) is 1.43. The van der Waals surface area contributed by atoms with Crippen LogP contribution in [0.5, 0.6) is 5.75 Å². The van der Waals surface area contributed by atoms with E-state index >= 15 is 0 Å². The van der Waals surface area contributed by atoms with E-state index in [-0.39, 0.29) is 30.3 Å². The number of piperidine rings is 1. The number of likely N-dealkylation sites (tertiary alicyclic amines) is 1. The van der Waals surface area contributed by atoms with Crippen LogP contribution in [0.25, 0.3) is 0 Å². The third-order valence-corrected chi connectivity index (χ3v) is 4.20. The highest BCUT2D eigenvalue weighted by Crippen LogP contribution is 2.33. The Morgan fingerprint density at radius 1 is 1.42 bits per heavy atom. The van der Waals surface area contributed by atoms with Crippen molar-refractivity contribution >= 4 is 23.5 Å². The SMILES string of the molecule is CCOC(=O)C1CCCN(C(=O)c2cccc3c2OCC(=O)N3)C1. The highest BCUT2D eigenvalue weighted by molar-refractivity contribution is 6.03. The van der Waals surface area contributed by atoms with E-state index in [0.29, 0.717) is 36.7 Å².